The Morgan fingerprint density at radius 2 is 1.07 bits per heavy atom. The molecule has 0 fully saturated rings. The van der Waals surface area contributed by atoms with Crippen molar-refractivity contribution in [3.8, 4) is 0 Å². The molecular formula is C25H33ClZr. The summed E-state index contributed by atoms with van der Waals surface area (Å²) in [5, 5.41) is 0. The van der Waals surface area contributed by atoms with Gasteiger partial charge in [0, 0.05) is 5.88 Å². The van der Waals surface area contributed by atoms with Crippen molar-refractivity contribution >= 4 is 11.6 Å². The molecule has 0 bridgehead atoms. The van der Waals surface area contributed by atoms with E-state index in [2.05, 4.69) is 62.4 Å². The third-order valence-corrected chi connectivity index (χ3v) is 4.41. The number of alkyl halides is 1. The van der Waals surface area contributed by atoms with E-state index >= 15 is 0 Å². The minimum absolute atomic E-state index is 0. The molecule has 0 heterocycles. The Bertz CT molecular complexity index is 573. The maximum atomic E-state index is 5.53. The molecule has 0 unspecified atom stereocenters. The summed E-state index contributed by atoms with van der Waals surface area (Å²) in [7, 11) is 0. The van der Waals surface area contributed by atoms with Crippen molar-refractivity contribution in [2.24, 2.45) is 0 Å². The predicted octanol–water partition coefficient (Wildman–Crippen LogP) is 7.92. The van der Waals surface area contributed by atoms with E-state index in [9.17, 15) is 0 Å². The van der Waals surface area contributed by atoms with Gasteiger partial charge < -0.3 is 0 Å². The Morgan fingerprint density at radius 3 is 1.37 bits per heavy atom. The monoisotopic (exact) mass is 458 g/mol. The molecule has 0 N–H and O–H groups in total. The second kappa shape index (κ2) is 18.5. The molecule has 0 amide bonds. The maximum absolute atomic E-state index is 5.53. The van der Waals surface area contributed by atoms with Crippen LogP contribution < -0.4 is 0 Å². The van der Waals surface area contributed by atoms with E-state index in [-0.39, 0.29) is 26.2 Å². The number of halogens is 1. The van der Waals surface area contributed by atoms with Gasteiger partial charge in [0.1, 0.15) is 0 Å². The molecular weight excluding hydrogens is 427 g/mol. The third-order valence-electron chi connectivity index (χ3n) is 4.10. The minimum Gasteiger partial charge on any atom is -0.213 e. The van der Waals surface area contributed by atoms with Crippen molar-refractivity contribution < 1.29 is 26.2 Å². The topological polar surface area (TPSA) is 0 Å². The van der Waals surface area contributed by atoms with Gasteiger partial charge in [-0.05, 0) is 5.56 Å². The smallest absolute Gasteiger partial charge is 0.213 e. The zero-order valence-corrected chi connectivity index (χ0v) is 20.0. The van der Waals surface area contributed by atoms with E-state index in [0.717, 1.165) is 0 Å². The van der Waals surface area contributed by atoms with Gasteiger partial charge in [-0.3, -0.25) is 0 Å². The van der Waals surface area contributed by atoms with Gasteiger partial charge in [-0.15, -0.1) is 11.6 Å². The van der Waals surface area contributed by atoms with E-state index in [1.54, 1.807) is 0 Å². The van der Waals surface area contributed by atoms with Gasteiger partial charge >= 0.3 is 26.2 Å². The molecule has 0 aromatic heterocycles. The summed E-state index contributed by atoms with van der Waals surface area (Å²) in [6, 6.07) is 27.1. The van der Waals surface area contributed by atoms with E-state index in [4.69, 9.17) is 11.6 Å². The number of hydrogen-bond acceptors (Lipinski definition) is 0. The Labute approximate surface area is 190 Å². The van der Waals surface area contributed by atoms with Gasteiger partial charge in [0.25, 0.3) is 0 Å². The normalized spacial score (nSPS) is 9.30. The van der Waals surface area contributed by atoms with E-state index < -0.39 is 0 Å². The Morgan fingerprint density at radius 1 is 0.667 bits per heavy atom. The zero-order valence-electron chi connectivity index (χ0n) is 16.8. The molecule has 0 atom stereocenters. The molecule has 0 saturated carbocycles. The summed E-state index contributed by atoms with van der Waals surface area (Å²) in [5.74, 6) is 0.612. The van der Waals surface area contributed by atoms with Crippen LogP contribution in [-0.2, 0) is 44.9 Å². The van der Waals surface area contributed by atoms with Gasteiger partial charge in [0.05, 0.1) is 0 Å². The van der Waals surface area contributed by atoms with Crippen LogP contribution in [0.1, 0.15) is 56.2 Å². The predicted molar refractivity (Wildman–Crippen MR) is 117 cm³/mol. The quantitative estimate of drug-likeness (QED) is 0.248. The van der Waals surface area contributed by atoms with E-state index in [1.807, 2.05) is 30.3 Å². The molecule has 2 heteroatoms. The van der Waals surface area contributed by atoms with Crippen molar-refractivity contribution in [1.29, 1.82) is 0 Å². The van der Waals surface area contributed by atoms with Crippen LogP contribution in [0.25, 0.3) is 0 Å². The molecule has 3 aromatic rings. The van der Waals surface area contributed by atoms with Gasteiger partial charge in [-0.2, -0.15) is 35.4 Å². The van der Waals surface area contributed by atoms with Crippen molar-refractivity contribution in [3.05, 3.63) is 95.6 Å². The Kier molecular flexibility index (Phi) is 17.8. The van der Waals surface area contributed by atoms with Crippen molar-refractivity contribution in [2.75, 3.05) is 0 Å². The summed E-state index contributed by atoms with van der Waals surface area (Å²) in [6.45, 7) is 4.45. The Hall–Kier alpha value is -0.907. The molecule has 0 aliphatic rings. The van der Waals surface area contributed by atoms with Crippen LogP contribution in [-0.4, -0.2) is 0 Å². The molecule has 3 aromatic carbocycles. The molecule has 27 heavy (non-hydrogen) atoms. The molecule has 0 aliphatic heterocycles. The molecule has 3 rings (SSSR count). The van der Waals surface area contributed by atoms with Crippen LogP contribution in [0.3, 0.4) is 0 Å². The molecule has 0 aliphatic carbocycles. The number of unbranched alkanes of at least 4 members (excludes halogenated alkanes) is 2. The summed E-state index contributed by atoms with van der Waals surface area (Å²) in [6.07, 6.45) is 7.75. The van der Waals surface area contributed by atoms with Crippen LogP contribution in [0.2, 0.25) is 0 Å². The zero-order chi connectivity index (χ0) is 18.9. The summed E-state index contributed by atoms with van der Waals surface area (Å²) < 4.78 is 0. The van der Waals surface area contributed by atoms with Crippen molar-refractivity contribution in [3.63, 3.8) is 0 Å². The first-order valence-electron chi connectivity index (χ1n) is 9.81. The molecule has 144 valence electrons. The van der Waals surface area contributed by atoms with Gasteiger partial charge in [0.15, 0.2) is 0 Å². The summed E-state index contributed by atoms with van der Waals surface area (Å²) in [4.78, 5) is 0. The SMILES string of the molecule is CCCC[c-]1cccc1.CCCC[c-]1cccc1.ClCc1ccccc1.[Zr+2]. The second-order valence-corrected chi connectivity index (χ2v) is 6.68. The fraction of sp³-hybridized carbons (Fsp3) is 0.360. The largest absolute Gasteiger partial charge is 2.00 e. The van der Waals surface area contributed by atoms with Crippen LogP contribution >= 0.6 is 11.6 Å². The number of rotatable bonds is 7. The van der Waals surface area contributed by atoms with Gasteiger partial charge in [-0.1, -0.05) is 82.7 Å². The average Bonchev–Trinajstić information content (AvgIpc) is 3.40. The van der Waals surface area contributed by atoms with Crippen molar-refractivity contribution in [1.82, 2.24) is 0 Å². The first-order chi connectivity index (χ1) is 12.8. The maximum Gasteiger partial charge on any atom is 2.00 e. The molecule has 0 nitrogen and oxygen atoms in total. The van der Waals surface area contributed by atoms with E-state index in [1.165, 1.54) is 55.2 Å². The van der Waals surface area contributed by atoms with Crippen LogP contribution in [0, 0.1) is 0 Å². The molecule has 0 radical (unpaired) electrons. The second-order valence-electron chi connectivity index (χ2n) is 6.41. The van der Waals surface area contributed by atoms with Crippen molar-refractivity contribution in [2.45, 2.75) is 58.3 Å². The van der Waals surface area contributed by atoms with Crippen LogP contribution in [0.4, 0.5) is 0 Å². The average molecular weight is 460 g/mol. The Balaban J connectivity index is 0.000000369. The first-order valence-corrected chi connectivity index (χ1v) is 10.3. The summed E-state index contributed by atoms with van der Waals surface area (Å²) >= 11 is 5.53. The van der Waals surface area contributed by atoms with E-state index in [0.29, 0.717) is 5.88 Å². The molecule has 0 spiro atoms. The standard InChI is InChI=1S/2C9H13.C7H7Cl.Zr/c2*1-2-3-6-9-7-4-5-8-9;8-6-7-4-2-1-3-5-7;/h2*4-5,7-8H,2-3,6H2,1H3;1-5H,6H2;/q2*-1;;+2. The minimum atomic E-state index is 0. The number of hydrogen-bond donors (Lipinski definition) is 0. The third kappa shape index (κ3) is 13.8. The van der Waals surface area contributed by atoms with Crippen LogP contribution in [0.5, 0.6) is 0 Å². The van der Waals surface area contributed by atoms with Crippen LogP contribution in [0.15, 0.2) is 78.9 Å². The first kappa shape index (κ1) is 26.1. The number of aryl methyl sites for hydroxylation is 2. The molecule has 0 saturated heterocycles. The fourth-order valence-electron chi connectivity index (χ4n) is 2.49. The van der Waals surface area contributed by atoms with Gasteiger partial charge in [0.2, 0.25) is 0 Å². The summed E-state index contributed by atoms with van der Waals surface area (Å²) in [5.41, 5.74) is 4.14. The number of benzene rings is 1. The van der Waals surface area contributed by atoms with Gasteiger partial charge in [-0.25, -0.2) is 24.3 Å². The fourth-order valence-corrected chi connectivity index (χ4v) is 2.67.